The molecule has 0 bridgehead atoms. The fourth-order valence-corrected chi connectivity index (χ4v) is 4.01. The Morgan fingerprint density at radius 2 is 1.97 bits per heavy atom. The maximum absolute atomic E-state index is 11.4. The summed E-state index contributed by atoms with van der Waals surface area (Å²) >= 11 is 3.52. The van der Waals surface area contributed by atoms with E-state index < -0.39 is 4.92 Å². The standard InChI is InChI=1S/C20H26BrN5O3/c1-13-16(3-2-4-17(13)21)10-23-20-24-11-18(26(28)29)19(25-20)22-9-14-5-7-15(12-27)8-6-14/h2-4,11,14-15,27H,5-10,12H2,1H3,(H2,22,23,24,25). The maximum Gasteiger partial charge on any atom is 0.329 e. The summed E-state index contributed by atoms with van der Waals surface area (Å²) in [6, 6.07) is 5.96. The Bertz CT molecular complexity index is 856. The highest BCUT2D eigenvalue weighted by atomic mass is 79.9. The minimum Gasteiger partial charge on any atom is -0.396 e. The van der Waals surface area contributed by atoms with Crippen molar-refractivity contribution in [2.45, 2.75) is 39.2 Å². The highest BCUT2D eigenvalue weighted by molar-refractivity contribution is 9.10. The molecule has 0 radical (unpaired) electrons. The van der Waals surface area contributed by atoms with Crippen molar-refractivity contribution in [3.8, 4) is 0 Å². The van der Waals surface area contributed by atoms with Crippen LogP contribution in [0.3, 0.4) is 0 Å². The number of hydrogen-bond acceptors (Lipinski definition) is 7. The number of benzene rings is 1. The van der Waals surface area contributed by atoms with E-state index in [1.165, 1.54) is 6.20 Å². The fraction of sp³-hybridized carbons (Fsp3) is 0.500. The maximum atomic E-state index is 11.4. The van der Waals surface area contributed by atoms with Crippen molar-refractivity contribution in [3.05, 3.63) is 50.1 Å². The van der Waals surface area contributed by atoms with Gasteiger partial charge in [-0.25, -0.2) is 4.98 Å². The van der Waals surface area contributed by atoms with E-state index in [4.69, 9.17) is 0 Å². The Morgan fingerprint density at radius 3 is 2.66 bits per heavy atom. The molecule has 1 aliphatic rings. The molecular weight excluding hydrogens is 438 g/mol. The van der Waals surface area contributed by atoms with Crippen LogP contribution in [0.5, 0.6) is 0 Å². The Morgan fingerprint density at radius 1 is 1.24 bits per heavy atom. The summed E-state index contributed by atoms with van der Waals surface area (Å²) in [6.45, 7) is 3.41. The van der Waals surface area contributed by atoms with E-state index >= 15 is 0 Å². The Balaban J connectivity index is 1.66. The van der Waals surface area contributed by atoms with Crippen LogP contribution in [-0.4, -0.2) is 33.1 Å². The van der Waals surface area contributed by atoms with Crippen molar-refractivity contribution in [2.24, 2.45) is 11.8 Å². The number of rotatable bonds is 8. The van der Waals surface area contributed by atoms with Gasteiger partial charge in [0.05, 0.1) is 4.92 Å². The molecule has 1 aromatic carbocycles. The van der Waals surface area contributed by atoms with E-state index in [9.17, 15) is 15.2 Å². The van der Waals surface area contributed by atoms with Crippen LogP contribution in [0, 0.1) is 28.9 Å². The Hall–Kier alpha value is -2.26. The number of nitrogens with zero attached hydrogens (tertiary/aromatic N) is 3. The quantitative estimate of drug-likeness (QED) is 0.395. The van der Waals surface area contributed by atoms with E-state index in [2.05, 4.69) is 36.5 Å². The highest BCUT2D eigenvalue weighted by Crippen LogP contribution is 2.30. The zero-order chi connectivity index (χ0) is 20.8. The second kappa shape index (κ2) is 9.98. The summed E-state index contributed by atoms with van der Waals surface area (Å²) in [6.07, 6.45) is 5.24. The van der Waals surface area contributed by atoms with Gasteiger partial charge in [-0.1, -0.05) is 28.1 Å². The molecule has 0 unspecified atom stereocenters. The first-order valence-corrected chi connectivity index (χ1v) is 10.6. The predicted octanol–water partition coefficient (Wildman–Crippen LogP) is 4.28. The van der Waals surface area contributed by atoms with Crippen molar-refractivity contribution >= 4 is 33.4 Å². The third-order valence-corrected chi connectivity index (χ3v) is 6.42. The summed E-state index contributed by atoms with van der Waals surface area (Å²) in [5, 5.41) is 26.9. The van der Waals surface area contributed by atoms with Gasteiger partial charge in [0.15, 0.2) is 0 Å². The molecule has 0 saturated heterocycles. The first-order chi connectivity index (χ1) is 14.0. The molecule has 0 amide bonds. The second-order valence-corrected chi connectivity index (χ2v) is 8.37. The molecule has 1 saturated carbocycles. The first kappa shape index (κ1) is 21.4. The molecule has 1 aliphatic carbocycles. The smallest absolute Gasteiger partial charge is 0.329 e. The van der Waals surface area contributed by atoms with Crippen LogP contribution in [0.2, 0.25) is 0 Å². The number of nitrogens with one attached hydrogen (secondary N) is 2. The number of hydrogen-bond donors (Lipinski definition) is 3. The van der Waals surface area contributed by atoms with Gasteiger partial charge < -0.3 is 15.7 Å². The normalized spacial score (nSPS) is 19.0. The van der Waals surface area contributed by atoms with Gasteiger partial charge >= 0.3 is 5.69 Å². The van der Waals surface area contributed by atoms with Gasteiger partial charge in [-0.2, -0.15) is 4.98 Å². The molecule has 1 fully saturated rings. The number of nitro groups is 1. The van der Waals surface area contributed by atoms with Crippen LogP contribution in [0.1, 0.15) is 36.8 Å². The zero-order valence-electron chi connectivity index (χ0n) is 16.4. The third kappa shape index (κ3) is 5.63. The molecule has 29 heavy (non-hydrogen) atoms. The molecule has 3 rings (SSSR count). The van der Waals surface area contributed by atoms with Crippen molar-refractivity contribution in [1.82, 2.24) is 9.97 Å². The van der Waals surface area contributed by atoms with E-state index in [0.717, 1.165) is 41.3 Å². The van der Waals surface area contributed by atoms with E-state index in [-0.39, 0.29) is 18.1 Å². The summed E-state index contributed by atoms with van der Waals surface area (Å²) < 4.78 is 1.03. The second-order valence-electron chi connectivity index (χ2n) is 7.51. The molecule has 0 atom stereocenters. The van der Waals surface area contributed by atoms with Gasteiger partial charge in [0.2, 0.25) is 11.8 Å². The number of aromatic nitrogens is 2. The average molecular weight is 464 g/mol. The molecule has 9 heteroatoms. The van der Waals surface area contributed by atoms with Crippen molar-refractivity contribution in [1.29, 1.82) is 0 Å². The molecule has 2 aromatic rings. The Kier molecular flexibility index (Phi) is 7.38. The molecule has 8 nitrogen and oxygen atoms in total. The molecule has 156 valence electrons. The zero-order valence-corrected chi connectivity index (χ0v) is 18.0. The van der Waals surface area contributed by atoms with Gasteiger partial charge in [-0.05, 0) is 61.6 Å². The third-order valence-electron chi connectivity index (χ3n) is 5.57. The van der Waals surface area contributed by atoms with E-state index in [0.29, 0.717) is 30.9 Å². The largest absolute Gasteiger partial charge is 0.396 e. The lowest BCUT2D eigenvalue weighted by Crippen LogP contribution is -2.23. The number of halogens is 1. The molecule has 3 N–H and O–H groups in total. The van der Waals surface area contributed by atoms with Crippen LogP contribution in [0.4, 0.5) is 17.5 Å². The summed E-state index contributed by atoms with van der Waals surface area (Å²) in [5.41, 5.74) is 2.09. The van der Waals surface area contributed by atoms with E-state index in [1.54, 1.807) is 0 Å². The van der Waals surface area contributed by atoms with Gasteiger partial charge in [0, 0.05) is 24.2 Å². The Labute approximate surface area is 178 Å². The average Bonchev–Trinajstić information content (AvgIpc) is 2.73. The van der Waals surface area contributed by atoms with Gasteiger partial charge in [0.1, 0.15) is 6.20 Å². The van der Waals surface area contributed by atoms with Crippen molar-refractivity contribution in [2.75, 3.05) is 23.8 Å². The van der Waals surface area contributed by atoms with Gasteiger partial charge in [0.25, 0.3) is 0 Å². The van der Waals surface area contributed by atoms with E-state index in [1.807, 2.05) is 25.1 Å². The lowest BCUT2D eigenvalue weighted by atomic mass is 9.82. The molecule has 1 aromatic heterocycles. The van der Waals surface area contributed by atoms with Crippen molar-refractivity contribution in [3.63, 3.8) is 0 Å². The summed E-state index contributed by atoms with van der Waals surface area (Å²) in [5.74, 6) is 1.40. The lowest BCUT2D eigenvalue weighted by Gasteiger charge is -2.27. The van der Waals surface area contributed by atoms with Crippen LogP contribution in [-0.2, 0) is 6.54 Å². The minimum absolute atomic E-state index is 0.127. The lowest BCUT2D eigenvalue weighted by molar-refractivity contribution is -0.384. The molecule has 1 heterocycles. The predicted molar refractivity (Wildman–Crippen MR) is 116 cm³/mol. The minimum atomic E-state index is -0.465. The molecule has 0 aliphatic heterocycles. The number of anilines is 2. The molecule has 0 spiro atoms. The summed E-state index contributed by atoms with van der Waals surface area (Å²) in [4.78, 5) is 19.3. The molecular formula is C20H26BrN5O3. The monoisotopic (exact) mass is 463 g/mol. The number of aliphatic hydroxyl groups excluding tert-OH is 1. The first-order valence-electron chi connectivity index (χ1n) is 9.82. The highest BCUT2D eigenvalue weighted by Gasteiger charge is 2.23. The summed E-state index contributed by atoms with van der Waals surface area (Å²) in [7, 11) is 0. The van der Waals surface area contributed by atoms with Crippen LogP contribution in [0.25, 0.3) is 0 Å². The van der Waals surface area contributed by atoms with Crippen LogP contribution >= 0.6 is 15.9 Å². The fourth-order valence-electron chi connectivity index (χ4n) is 3.60. The number of aliphatic hydroxyl groups is 1. The van der Waals surface area contributed by atoms with Crippen LogP contribution in [0.15, 0.2) is 28.9 Å². The SMILES string of the molecule is Cc1c(Br)cccc1CNc1ncc([N+](=O)[O-])c(NCC2CCC(CO)CC2)n1. The van der Waals surface area contributed by atoms with Crippen molar-refractivity contribution < 1.29 is 10.0 Å². The van der Waals surface area contributed by atoms with Gasteiger partial charge in [-0.15, -0.1) is 0 Å². The van der Waals surface area contributed by atoms with Crippen LogP contribution < -0.4 is 10.6 Å². The van der Waals surface area contributed by atoms with Gasteiger partial charge in [-0.3, -0.25) is 10.1 Å². The topological polar surface area (TPSA) is 113 Å².